The van der Waals surface area contributed by atoms with E-state index in [1.54, 1.807) is 18.2 Å². The maximum absolute atomic E-state index is 16.9. The van der Waals surface area contributed by atoms with Crippen molar-refractivity contribution < 1.29 is 28.1 Å². The van der Waals surface area contributed by atoms with Gasteiger partial charge in [-0.3, -0.25) is 4.90 Å². The summed E-state index contributed by atoms with van der Waals surface area (Å²) in [5, 5.41) is 15.6. The maximum Gasteiger partial charge on any atom is 0.319 e. The van der Waals surface area contributed by atoms with Gasteiger partial charge in [-0.1, -0.05) is 18.1 Å². The second-order valence-electron chi connectivity index (χ2n) is 14.3. The van der Waals surface area contributed by atoms with Gasteiger partial charge in [0, 0.05) is 65.6 Å². The third kappa shape index (κ3) is 4.96. The number of phenols is 1. The molecule has 4 aliphatic heterocycles. The summed E-state index contributed by atoms with van der Waals surface area (Å²) < 4.78 is 51.0. The van der Waals surface area contributed by atoms with Gasteiger partial charge in [-0.15, -0.1) is 6.42 Å². The number of fused-ring (bicyclic) bond motifs is 4. The second kappa shape index (κ2) is 11.2. The first-order valence-corrected chi connectivity index (χ1v) is 16.8. The minimum absolute atomic E-state index is 0.0319. The lowest BCUT2D eigenvalue weighted by Crippen LogP contribution is -2.68. The van der Waals surface area contributed by atoms with Gasteiger partial charge in [-0.25, -0.2) is 8.78 Å². The van der Waals surface area contributed by atoms with E-state index in [2.05, 4.69) is 26.0 Å². The van der Waals surface area contributed by atoms with Crippen molar-refractivity contribution in [3.8, 4) is 35.2 Å². The quantitative estimate of drug-likeness (QED) is 0.278. The van der Waals surface area contributed by atoms with Crippen molar-refractivity contribution in [3.63, 3.8) is 0 Å². The summed E-state index contributed by atoms with van der Waals surface area (Å²) in [6, 6.07) is 10.0. The molecular formula is C37H37F2N5O4. The van der Waals surface area contributed by atoms with Crippen LogP contribution in [0.1, 0.15) is 31.2 Å². The summed E-state index contributed by atoms with van der Waals surface area (Å²) in [7, 11) is 0. The van der Waals surface area contributed by atoms with E-state index in [9.17, 15) is 5.11 Å². The molecule has 2 N–H and O–H groups in total. The number of aromatic hydroxyl groups is 1. The summed E-state index contributed by atoms with van der Waals surface area (Å²) in [6.45, 7) is 6.12. The number of piperazine rings is 1. The number of aromatic nitrogens is 2. The van der Waals surface area contributed by atoms with Crippen LogP contribution in [-0.2, 0) is 9.47 Å². The molecule has 9 nitrogen and oxygen atoms in total. The Morgan fingerprint density at radius 2 is 1.85 bits per heavy atom. The monoisotopic (exact) mass is 653 g/mol. The van der Waals surface area contributed by atoms with Crippen LogP contribution in [0.15, 0.2) is 36.4 Å². The highest BCUT2D eigenvalue weighted by Gasteiger charge is 2.52. The molecule has 4 saturated heterocycles. The molecule has 9 rings (SSSR count). The molecule has 1 saturated carbocycles. The fourth-order valence-electron chi connectivity index (χ4n) is 8.17. The van der Waals surface area contributed by atoms with Gasteiger partial charge < -0.3 is 29.5 Å². The number of halogens is 2. The molecule has 3 aromatic carbocycles. The highest BCUT2D eigenvalue weighted by Crippen LogP contribution is 2.49. The van der Waals surface area contributed by atoms with Crippen molar-refractivity contribution in [2.24, 2.45) is 5.41 Å². The number of anilines is 1. The smallest absolute Gasteiger partial charge is 0.319 e. The zero-order chi connectivity index (χ0) is 32.6. The highest BCUT2D eigenvalue weighted by molar-refractivity contribution is 6.04. The van der Waals surface area contributed by atoms with Crippen molar-refractivity contribution >= 4 is 27.5 Å². The number of nitrogens with zero attached hydrogens (tertiary/aromatic N) is 4. The number of phenolic OH excluding ortho intramolecular Hbond substituents is 1. The van der Waals surface area contributed by atoms with E-state index in [0.29, 0.717) is 68.3 Å². The Bertz CT molecular complexity index is 1980. The van der Waals surface area contributed by atoms with Gasteiger partial charge >= 0.3 is 6.01 Å². The van der Waals surface area contributed by atoms with Gasteiger partial charge in [0.25, 0.3) is 0 Å². The van der Waals surface area contributed by atoms with Crippen LogP contribution in [0.2, 0.25) is 0 Å². The van der Waals surface area contributed by atoms with Crippen molar-refractivity contribution in [1.29, 1.82) is 0 Å². The van der Waals surface area contributed by atoms with Gasteiger partial charge in [0.2, 0.25) is 0 Å². The van der Waals surface area contributed by atoms with E-state index in [1.165, 1.54) is 18.2 Å². The summed E-state index contributed by atoms with van der Waals surface area (Å²) in [5.74, 6) is 1.33. The Balaban J connectivity index is 1.13. The van der Waals surface area contributed by atoms with E-state index >= 15 is 8.78 Å². The molecule has 1 aliphatic carbocycles. The summed E-state index contributed by atoms with van der Waals surface area (Å²) in [5.41, 5.74) is 0.160. The van der Waals surface area contributed by atoms with Crippen LogP contribution >= 0.6 is 0 Å². The fraction of sp³-hybridized carbons (Fsp3) is 0.459. The van der Waals surface area contributed by atoms with Crippen LogP contribution in [0.4, 0.5) is 14.6 Å². The molecule has 0 amide bonds. The average Bonchev–Trinajstić information content (AvgIpc) is 3.76. The summed E-state index contributed by atoms with van der Waals surface area (Å²) >= 11 is 0. The Morgan fingerprint density at radius 3 is 2.58 bits per heavy atom. The molecule has 4 aromatic rings. The van der Waals surface area contributed by atoms with Crippen LogP contribution in [0.3, 0.4) is 0 Å². The van der Waals surface area contributed by atoms with Gasteiger partial charge in [0.05, 0.1) is 44.1 Å². The van der Waals surface area contributed by atoms with Crippen molar-refractivity contribution in [2.75, 3.05) is 64.1 Å². The molecule has 2 bridgehead atoms. The third-order valence-corrected chi connectivity index (χ3v) is 11.0. The number of rotatable bonds is 7. The standard InChI is InChI=1S/C37H37F2N5O4/c1-2-22-4-3-5-23-12-26(45)13-27(30(22)23)31-29(38)14-28-33(32(31)39)41-35(42-34(28)43-15-24-6-7-25(16-43)40-24)48-18-36(8-9-36)17-44-10-11-46-19-37(44)20-47-21-37/h1,3-5,12-14,24-25,40,45H,6-11,15-21H2. The Morgan fingerprint density at radius 1 is 1.06 bits per heavy atom. The predicted octanol–water partition coefficient (Wildman–Crippen LogP) is 4.62. The number of nitrogens with one attached hydrogen (secondary N) is 1. The number of terminal acetylenes is 1. The van der Waals surface area contributed by atoms with Crippen LogP contribution in [-0.4, -0.2) is 96.8 Å². The van der Waals surface area contributed by atoms with Crippen molar-refractivity contribution in [2.45, 2.75) is 43.3 Å². The fourth-order valence-corrected chi connectivity index (χ4v) is 8.17. The average molecular weight is 654 g/mol. The molecule has 248 valence electrons. The molecule has 48 heavy (non-hydrogen) atoms. The minimum atomic E-state index is -0.850. The van der Waals surface area contributed by atoms with E-state index in [-0.39, 0.29) is 56.8 Å². The van der Waals surface area contributed by atoms with Gasteiger partial charge in [-0.2, -0.15) is 9.97 Å². The zero-order valence-electron chi connectivity index (χ0n) is 26.6. The van der Waals surface area contributed by atoms with Gasteiger partial charge in [0.15, 0.2) is 5.82 Å². The van der Waals surface area contributed by atoms with E-state index in [0.717, 1.165) is 38.8 Å². The predicted molar refractivity (Wildman–Crippen MR) is 177 cm³/mol. The topological polar surface area (TPSA) is 92.2 Å². The number of morpholine rings is 1. The SMILES string of the molecule is C#Cc1cccc2cc(O)cc(-c3c(F)cc4c(N5CC6CCC(C5)N6)nc(OCC5(CN6CCOCC67COC7)CC5)nc4c3F)c12. The molecule has 1 aromatic heterocycles. The van der Waals surface area contributed by atoms with Gasteiger partial charge in [-0.05, 0) is 55.3 Å². The van der Waals surface area contributed by atoms with Crippen LogP contribution in [0.5, 0.6) is 11.8 Å². The van der Waals surface area contributed by atoms with Crippen molar-refractivity contribution in [3.05, 3.63) is 53.6 Å². The number of benzene rings is 3. The lowest BCUT2D eigenvalue weighted by atomic mass is 9.92. The van der Waals surface area contributed by atoms with Crippen molar-refractivity contribution in [1.82, 2.24) is 20.2 Å². The van der Waals surface area contributed by atoms with Crippen LogP contribution < -0.4 is 15.0 Å². The summed E-state index contributed by atoms with van der Waals surface area (Å²) in [4.78, 5) is 14.0. The van der Waals surface area contributed by atoms with Crippen LogP contribution in [0.25, 0.3) is 32.8 Å². The van der Waals surface area contributed by atoms with Gasteiger partial charge in [0.1, 0.15) is 22.9 Å². The Hall–Kier alpha value is -4.08. The first kappa shape index (κ1) is 30.0. The third-order valence-electron chi connectivity index (χ3n) is 11.0. The first-order chi connectivity index (χ1) is 23.3. The normalized spacial score (nSPS) is 24.1. The Labute approximate surface area is 277 Å². The number of ether oxygens (including phenoxy) is 3. The zero-order valence-corrected chi connectivity index (χ0v) is 26.6. The minimum Gasteiger partial charge on any atom is -0.508 e. The van der Waals surface area contributed by atoms with E-state index in [1.807, 2.05) is 0 Å². The number of hydrogen-bond donors (Lipinski definition) is 2. The molecule has 5 heterocycles. The van der Waals surface area contributed by atoms with E-state index in [4.69, 9.17) is 25.6 Å². The highest BCUT2D eigenvalue weighted by atomic mass is 19.1. The number of hydrogen-bond acceptors (Lipinski definition) is 9. The largest absolute Gasteiger partial charge is 0.508 e. The lowest BCUT2D eigenvalue weighted by molar-refractivity contribution is -0.201. The first-order valence-electron chi connectivity index (χ1n) is 16.8. The molecule has 1 spiro atoms. The second-order valence-corrected chi connectivity index (χ2v) is 14.3. The lowest BCUT2D eigenvalue weighted by Gasteiger charge is -2.52. The molecule has 2 unspecified atom stereocenters. The molecule has 5 aliphatic rings. The molecule has 11 heteroatoms. The van der Waals surface area contributed by atoms with E-state index < -0.39 is 11.6 Å². The Kier molecular flexibility index (Phi) is 7.03. The van der Waals surface area contributed by atoms with Crippen LogP contribution in [0, 0.1) is 29.4 Å². The summed E-state index contributed by atoms with van der Waals surface area (Å²) in [6.07, 6.45) is 9.91. The molecule has 2 atom stereocenters. The maximum atomic E-state index is 16.9. The molecule has 5 fully saturated rings. The molecular weight excluding hydrogens is 616 g/mol. The molecule has 0 radical (unpaired) electrons.